The van der Waals surface area contributed by atoms with Crippen molar-refractivity contribution in [1.29, 1.82) is 0 Å². The molecule has 0 aliphatic carbocycles. The van der Waals surface area contributed by atoms with E-state index in [2.05, 4.69) is 5.32 Å². The van der Waals surface area contributed by atoms with Crippen molar-refractivity contribution in [2.75, 3.05) is 0 Å². The van der Waals surface area contributed by atoms with Gasteiger partial charge in [0.05, 0.1) is 6.42 Å². The Morgan fingerprint density at radius 3 is 2.31 bits per heavy atom. The summed E-state index contributed by atoms with van der Waals surface area (Å²) in [7, 11) is 0. The second-order valence-electron chi connectivity index (χ2n) is 7.11. The van der Waals surface area contributed by atoms with Crippen molar-refractivity contribution in [1.82, 2.24) is 10.2 Å². The second kappa shape index (κ2) is 10.3. The van der Waals surface area contributed by atoms with E-state index in [-0.39, 0.29) is 35.5 Å². The molecule has 0 saturated heterocycles. The quantitative estimate of drug-likeness (QED) is 0.681. The highest BCUT2D eigenvalue weighted by atomic mass is 35.5. The molecule has 0 fully saturated rings. The first-order valence-corrected chi connectivity index (χ1v) is 9.87. The smallest absolute Gasteiger partial charge is 0.243 e. The van der Waals surface area contributed by atoms with Crippen LogP contribution in [0.4, 0.5) is 8.78 Å². The Bertz CT molecular complexity index is 836. The van der Waals surface area contributed by atoms with Gasteiger partial charge in [-0.05, 0) is 50.1 Å². The molecule has 2 aromatic carbocycles. The molecule has 156 valence electrons. The average Bonchev–Trinajstić information content (AvgIpc) is 2.65. The van der Waals surface area contributed by atoms with Crippen LogP contribution in [0.5, 0.6) is 0 Å². The summed E-state index contributed by atoms with van der Waals surface area (Å²) in [6.07, 6.45) is 0.0919. The zero-order valence-corrected chi connectivity index (χ0v) is 17.5. The first kappa shape index (κ1) is 22.8. The van der Waals surface area contributed by atoms with Crippen molar-refractivity contribution < 1.29 is 18.4 Å². The molecule has 0 bridgehead atoms. The maximum Gasteiger partial charge on any atom is 0.243 e. The molecule has 29 heavy (non-hydrogen) atoms. The van der Waals surface area contributed by atoms with Gasteiger partial charge in [-0.25, -0.2) is 8.78 Å². The van der Waals surface area contributed by atoms with E-state index < -0.39 is 23.6 Å². The minimum atomic E-state index is -0.750. The van der Waals surface area contributed by atoms with Crippen LogP contribution in [0, 0.1) is 11.6 Å². The topological polar surface area (TPSA) is 49.4 Å². The van der Waals surface area contributed by atoms with Gasteiger partial charge in [-0.3, -0.25) is 9.59 Å². The van der Waals surface area contributed by atoms with Crippen molar-refractivity contribution in [3.63, 3.8) is 0 Å². The van der Waals surface area contributed by atoms with Crippen molar-refractivity contribution in [3.8, 4) is 0 Å². The van der Waals surface area contributed by atoms with Gasteiger partial charge in [-0.2, -0.15) is 0 Å². The summed E-state index contributed by atoms with van der Waals surface area (Å²) in [5, 5.41) is 2.97. The first-order valence-electron chi connectivity index (χ1n) is 9.50. The van der Waals surface area contributed by atoms with E-state index >= 15 is 0 Å². The van der Waals surface area contributed by atoms with Crippen LogP contribution in [0.15, 0.2) is 42.5 Å². The molecule has 0 saturated carbocycles. The fraction of sp³-hybridized carbons (Fsp3) is 0.364. The van der Waals surface area contributed by atoms with E-state index in [1.807, 2.05) is 13.8 Å². The van der Waals surface area contributed by atoms with E-state index in [9.17, 15) is 18.4 Å². The van der Waals surface area contributed by atoms with Gasteiger partial charge >= 0.3 is 0 Å². The van der Waals surface area contributed by atoms with Crippen LogP contribution in [0.2, 0.25) is 5.02 Å². The van der Waals surface area contributed by atoms with Crippen LogP contribution in [0.25, 0.3) is 0 Å². The number of carbonyl (C=O) groups excluding carboxylic acids is 2. The lowest BCUT2D eigenvalue weighted by Gasteiger charge is -2.31. The number of hydrogen-bond acceptors (Lipinski definition) is 2. The predicted molar refractivity (Wildman–Crippen MR) is 109 cm³/mol. The fourth-order valence-corrected chi connectivity index (χ4v) is 3.27. The summed E-state index contributed by atoms with van der Waals surface area (Å²) < 4.78 is 27.4. The van der Waals surface area contributed by atoms with Crippen LogP contribution in [-0.2, 0) is 22.6 Å². The van der Waals surface area contributed by atoms with E-state index in [4.69, 9.17) is 11.6 Å². The third-order valence-corrected chi connectivity index (χ3v) is 4.83. The zero-order chi connectivity index (χ0) is 21.6. The van der Waals surface area contributed by atoms with Crippen molar-refractivity contribution in [2.24, 2.45) is 0 Å². The molecule has 0 aliphatic heterocycles. The minimum Gasteiger partial charge on any atom is -0.352 e. The third-order valence-electron chi connectivity index (χ3n) is 4.47. The Hall–Kier alpha value is -2.47. The van der Waals surface area contributed by atoms with Crippen LogP contribution in [0.3, 0.4) is 0 Å². The van der Waals surface area contributed by atoms with Gasteiger partial charge in [0.15, 0.2) is 0 Å². The Morgan fingerprint density at radius 2 is 1.76 bits per heavy atom. The largest absolute Gasteiger partial charge is 0.352 e. The summed E-state index contributed by atoms with van der Waals surface area (Å²) in [6.45, 7) is 5.55. The van der Waals surface area contributed by atoms with E-state index in [1.165, 1.54) is 35.2 Å². The molecule has 1 unspecified atom stereocenters. The number of amides is 2. The van der Waals surface area contributed by atoms with Crippen LogP contribution in [0.1, 0.15) is 38.3 Å². The molecule has 2 rings (SSSR count). The lowest BCUT2D eigenvalue weighted by molar-refractivity contribution is -0.141. The number of halogens is 3. The van der Waals surface area contributed by atoms with Gasteiger partial charge in [-0.1, -0.05) is 36.7 Å². The highest BCUT2D eigenvalue weighted by Crippen LogP contribution is 2.22. The fourth-order valence-electron chi connectivity index (χ4n) is 3.04. The molecule has 0 heterocycles. The minimum absolute atomic E-state index is 0.0855. The molecule has 0 radical (unpaired) electrons. The third kappa shape index (κ3) is 6.26. The Kier molecular flexibility index (Phi) is 8.14. The van der Waals surface area contributed by atoms with Crippen molar-refractivity contribution >= 4 is 23.4 Å². The van der Waals surface area contributed by atoms with Gasteiger partial charge in [0.2, 0.25) is 11.8 Å². The van der Waals surface area contributed by atoms with Gasteiger partial charge in [0.25, 0.3) is 0 Å². The molecule has 2 amide bonds. The number of nitrogens with one attached hydrogen (secondary N) is 1. The monoisotopic (exact) mass is 422 g/mol. The SMILES string of the molecule is CCC(C(=O)NC(C)C)N(Cc1ccc(F)cc1)C(=O)Cc1c(F)cccc1Cl. The molecule has 4 nitrogen and oxygen atoms in total. The van der Waals surface area contributed by atoms with Gasteiger partial charge in [-0.15, -0.1) is 0 Å². The molecular formula is C22H25ClF2N2O2. The summed E-state index contributed by atoms with van der Waals surface area (Å²) in [5.74, 6) is -1.70. The maximum absolute atomic E-state index is 14.2. The summed E-state index contributed by atoms with van der Waals surface area (Å²) >= 11 is 6.07. The number of rotatable bonds is 8. The van der Waals surface area contributed by atoms with Crippen LogP contribution >= 0.6 is 11.6 Å². The molecule has 0 aliphatic rings. The number of benzene rings is 2. The number of carbonyl (C=O) groups is 2. The molecule has 2 aromatic rings. The van der Waals surface area contributed by atoms with Crippen LogP contribution in [-0.4, -0.2) is 28.8 Å². The van der Waals surface area contributed by atoms with Gasteiger partial charge in [0, 0.05) is 23.2 Å². The molecule has 1 atom stereocenters. The maximum atomic E-state index is 14.2. The second-order valence-corrected chi connectivity index (χ2v) is 7.52. The van der Waals surface area contributed by atoms with Crippen molar-refractivity contribution in [3.05, 3.63) is 70.2 Å². The number of nitrogens with zero attached hydrogens (tertiary/aromatic N) is 1. The lowest BCUT2D eigenvalue weighted by Crippen LogP contribution is -2.50. The van der Waals surface area contributed by atoms with Gasteiger partial charge in [0.1, 0.15) is 17.7 Å². The van der Waals surface area contributed by atoms with Crippen molar-refractivity contribution in [2.45, 2.75) is 52.2 Å². The standard InChI is InChI=1S/C22H25ClF2N2O2/c1-4-20(22(29)26-14(2)3)27(13-15-8-10-16(24)11-9-15)21(28)12-17-18(23)6-5-7-19(17)25/h5-11,14,20H,4,12-13H2,1-3H3,(H,26,29). The Balaban J connectivity index is 2.34. The van der Waals surface area contributed by atoms with E-state index in [0.717, 1.165) is 0 Å². The highest BCUT2D eigenvalue weighted by Gasteiger charge is 2.29. The number of hydrogen-bond donors (Lipinski definition) is 1. The predicted octanol–water partition coefficient (Wildman–Crippen LogP) is 4.49. The normalized spacial score (nSPS) is 12.0. The summed E-state index contributed by atoms with van der Waals surface area (Å²) in [6, 6.07) is 9.06. The highest BCUT2D eigenvalue weighted by molar-refractivity contribution is 6.31. The van der Waals surface area contributed by atoms with Crippen LogP contribution < -0.4 is 5.32 Å². The molecule has 0 spiro atoms. The Morgan fingerprint density at radius 1 is 1.10 bits per heavy atom. The molecule has 0 aromatic heterocycles. The summed E-state index contributed by atoms with van der Waals surface area (Å²) in [5.41, 5.74) is 0.748. The summed E-state index contributed by atoms with van der Waals surface area (Å²) in [4.78, 5) is 27.2. The first-order chi connectivity index (χ1) is 13.7. The van der Waals surface area contributed by atoms with E-state index in [1.54, 1.807) is 19.1 Å². The zero-order valence-electron chi connectivity index (χ0n) is 16.7. The van der Waals surface area contributed by atoms with E-state index in [0.29, 0.717) is 12.0 Å². The molecule has 7 heteroatoms. The molecule has 1 N–H and O–H groups in total. The Labute approximate surface area is 174 Å². The lowest BCUT2D eigenvalue weighted by atomic mass is 10.1. The molecular weight excluding hydrogens is 398 g/mol. The van der Waals surface area contributed by atoms with Gasteiger partial charge < -0.3 is 10.2 Å². The average molecular weight is 423 g/mol.